The highest BCUT2D eigenvalue weighted by molar-refractivity contribution is 5.87. The second-order valence-corrected chi connectivity index (χ2v) is 6.45. The molecule has 0 spiro atoms. The van der Waals surface area contributed by atoms with E-state index in [4.69, 9.17) is 4.74 Å². The van der Waals surface area contributed by atoms with Gasteiger partial charge in [0, 0.05) is 64.4 Å². The first-order chi connectivity index (χ1) is 12.1. The normalized spacial score (nSPS) is 21.4. The molecule has 0 bridgehead atoms. The maximum Gasteiger partial charge on any atom is 0.228 e. The predicted molar refractivity (Wildman–Crippen MR) is 92.4 cm³/mol. The zero-order valence-electron chi connectivity index (χ0n) is 14.8. The Balaban J connectivity index is 1.55. The summed E-state index contributed by atoms with van der Waals surface area (Å²) >= 11 is 0. The molecule has 8 heteroatoms. The summed E-state index contributed by atoms with van der Waals surface area (Å²) < 4.78 is 5.42. The monoisotopic (exact) mass is 347 g/mol. The van der Waals surface area contributed by atoms with Gasteiger partial charge in [-0.2, -0.15) is 4.98 Å². The lowest BCUT2D eigenvalue weighted by molar-refractivity contribution is -0.144. The van der Waals surface area contributed by atoms with Gasteiger partial charge in [0.1, 0.15) is 0 Å². The third-order valence-electron chi connectivity index (χ3n) is 4.79. The van der Waals surface area contributed by atoms with Crippen molar-refractivity contribution in [3.63, 3.8) is 0 Å². The lowest BCUT2D eigenvalue weighted by Gasteiger charge is -2.37. The molecule has 0 aromatic carbocycles. The van der Waals surface area contributed by atoms with E-state index < -0.39 is 0 Å². The molecule has 2 amide bonds. The number of carbonyl (C=O) groups excluding carboxylic acids is 2. The van der Waals surface area contributed by atoms with Gasteiger partial charge in [0.05, 0.1) is 6.61 Å². The zero-order chi connectivity index (χ0) is 17.8. The average Bonchev–Trinajstić information content (AvgIpc) is 2.64. The van der Waals surface area contributed by atoms with Gasteiger partial charge in [-0.05, 0) is 13.3 Å². The Hall–Kier alpha value is -2.38. The smallest absolute Gasteiger partial charge is 0.228 e. The van der Waals surface area contributed by atoms with Crippen molar-refractivity contribution in [1.82, 2.24) is 19.8 Å². The minimum Gasteiger partial charge on any atom is -0.478 e. The molecule has 1 unspecified atom stereocenters. The van der Waals surface area contributed by atoms with Gasteiger partial charge in [0.15, 0.2) is 0 Å². The number of rotatable bonds is 4. The van der Waals surface area contributed by atoms with E-state index in [1.54, 1.807) is 24.2 Å². The lowest BCUT2D eigenvalue weighted by Crippen LogP contribution is -2.52. The van der Waals surface area contributed by atoms with E-state index in [0.29, 0.717) is 57.6 Å². The summed E-state index contributed by atoms with van der Waals surface area (Å²) in [6, 6.07) is 1.74. The molecule has 0 aliphatic carbocycles. The highest BCUT2D eigenvalue weighted by Crippen LogP contribution is 2.21. The quantitative estimate of drug-likeness (QED) is 0.784. The summed E-state index contributed by atoms with van der Waals surface area (Å²) in [5.41, 5.74) is 0. The number of piperazine rings is 1. The van der Waals surface area contributed by atoms with E-state index in [1.807, 2.05) is 11.8 Å². The third kappa shape index (κ3) is 4.00. The van der Waals surface area contributed by atoms with Crippen LogP contribution in [0.2, 0.25) is 0 Å². The van der Waals surface area contributed by atoms with Crippen LogP contribution in [0.1, 0.15) is 19.8 Å². The van der Waals surface area contributed by atoms with Crippen LogP contribution >= 0.6 is 0 Å². The Morgan fingerprint density at radius 1 is 1.28 bits per heavy atom. The SMILES string of the molecule is CCOc1ccnc(N2CCN(C(=O)C3CCN(C)C(=O)C3)CC2)n1. The summed E-state index contributed by atoms with van der Waals surface area (Å²) in [5.74, 6) is 1.19. The van der Waals surface area contributed by atoms with Crippen LogP contribution in [0.5, 0.6) is 5.88 Å². The Morgan fingerprint density at radius 3 is 2.72 bits per heavy atom. The first-order valence-electron chi connectivity index (χ1n) is 8.82. The number of carbonyl (C=O) groups is 2. The fourth-order valence-corrected chi connectivity index (χ4v) is 3.25. The summed E-state index contributed by atoms with van der Waals surface area (Å²) in [4.78, 5) is 38.8. The molecule has 8 nitrogen and oxygen atoms in total. The second kappa shape index (κ2) is 7.67. The van der Waals surface area contributed by atoms with Gasteiger partial charge in [-0.25, -0.2) is 4.98 Å². The molecule has 3 heterocycles. The molecule has 25 heavy (non-hydrogen) atoms. The summed E-state index contributed by atoms with van der Waals surface area (Å²) in [6.07, 6.45) is 2.77. The minimum absolute atomic E-state index is 0.0596. The molecule has 1 atom stereocenters. The Labute approximate surface area is 147 Å². The number of amides is 2. The van der Waals surface area contributed by atoms with Crippen LogP contribution in [-0.2, 0) is 9.59 Å². The largest absolute Gasteiger partial charge is 0.478 e. The van der Waals surface area contributed by atoms with Crippen LogP contribution in [0, 0.1) is 5.92 Å². The molecule has 2 aliphatic rings. The van der Waals surface area contributed by atoms with Crippen LogP contribution in [0.4, 0.5) is 5.95 Å². The standard InChI is InChI=1S/C17H25N5O3/c1-3-25-14-4-6-18-17(19-14)22-10-8-21(9-11-22)16(24)13-5-7-20(2)15(23)12-13/h4,6,13H,3,5,7-12H2,1-2H3. The van der Waals surface area contributed by atoms with Gasteiger partial charge >= 0.3 is 0 Å². The molecule has 3 rings (SSSR count). The molecule has 2 saturated heterocycles. The highest BCUT2D eigenvalue weighted by Gasteiger charge is 2.33. The van der Waals surface area contributed by atoms with Crippen molar-refractivity contribution >= 4 is 17.8 Å². The highest BCUT2D eigenvalue weighted by atomic mass is 16.5. The zero-order valence-corrected chi connectivity index (χ0v) is 14.8. The Morgan fingerprint density at radius 2 is 2.04 bits per heavy atom. The molecule has 1 aromatic heterocycles. The fourth-order valence-electron chi connectivity index (χ4n) is 3.25. The molecule has 0 saturated carbocycles. The van der Waals surface area contributed by atoms with Crippen molar-refractivity contribution in [2.75, 3.05) is 51.3 Å². The van der Waals surface area contributed by atoms with Crippen molar-refractivity contribution in [1.29, 1.82) is 0 Å². The van der Waals surface area contributed by atoms with Gasteiger partial charge in [0.2, 0.25) is 23.6 Å². The van der Waals surface area contributed by atoms with Crippen molar-refractivity contribution in [2.45, 2.75) is 19.8 Å². The first kappa shape index (κ1) is 17.4. The van der Waals surface area contributed by atoms with Crippen LogP contribution in [0.3, 0.4) is 0 Å². The maximum atomic E-state index is 12.7. The fraction of sp³-hybridized carbons (Fsp3) is 0.647. The number of hydrogen-bond acceptors (Lipinski definition) is 6. The predicted octanol–water partition coefficient (Wildman–Crippen LogP) is 0.392. The molecular weight excluding hydrogens is 322 g/mol. The number of piperidine rings is 1. The Bertz CT molecular complexity index is 630. The minimum atomic E-state index is -0.173. The van der Waals surface area contributed by atoms with E-state index in [9.17, 15) is 9.59 Å². The van der Waals surface area contributed by atoms with E-state index in [0.717, 1.165) is 6.42 Å². The summed E-state index contributed by atoms with van der Waals surface area (Å²) in [7, 11) is 1.79. The first-order valence-corrected chi connectivity index (χ1v) is 8.82. The number of anilines is 1. The van der Waals surface area contributed by atoms with Gasteiger partial charge in [0.25, 0.3) is 0 Å². The van der Waals surface area contributed by atoms with Crippen molar-refractivity contribution in [2.24, 2.45) is 5.92 Å². The number of hydrogen-bond donors (Lipinski definition) is 0. The number of aromatic nitrogens is 2. The molecule has 136 valence electrons. The van der Waals surface area contributed by atoms with Crippen LogP contribution in [-0.4, -0.2) is 78.0 Å². The molecule has 2 fully saturated rings. The van der Waals surface area contributed by atoms with Gasteiger partial charge < -0.3 is 19.4 Å². The third-order valence-corrected chi connectivity index (χ3v) is 4.79. The number of ether oxygens (including phenoxy) is 1. The summed E-state index contributed by atoms with van der Waals surface area (Å²) in [6.45, 7) is 5.76. The molecule has 0 radical (unpaired) electrons. The lowest BCUT2D eigenvalue weighted by atomic mass is 9.94. The maximum absolute atomic E-state index is 12.7. The number of nitrogens with zero attached hydrogens (tertiary/aromatic N) is 5. The van der Waals surface area contributed by atoms with Crippen molar-refractivity contribution in [3.8, 4) is 5.88 Å². The van der Waals surface area contributed by atoms with Gasteiger partial charge in [-0.15, -0.1) is 0 Å². The topological polar surface area (TPSA) is 78.9 Å². The van der Waals surface area contributed by atoms with Crippen LogP contribution in [0.25, 0.3) is 0 Å². The average molecular weight is 347 g/mol. The van der Waals surface area contributed by atoms with Crippen molar-refractivity contribution < 1.29 is 14.3 Å². The van der Waals surface area contributed by atoms with E-state index in [2.05, 4.69) is 14.9 Å². The van der Waals surface area contributed by atoms with Gasteiger partial charge in [-0.3, -0.25) is 9.59 Å². The van der Waals surface area contributed by atoms with E-state index >= 15 is 0 Å². The second-order valence-electron chi connectivity index (χ2n) is 6.45. The molecule has 1 aromatic rings. The molecule has 0 N–H and O–H groups in total. The van der Waals surface area contributed by atoms with Crippen LogP contribution < -0.4 is 9.64 Å². The molecular formula is C17H25N5O3. The summed E-state index contributed by atoms with van der Waals surface area (Å²) in [5, 5.41) is 0. The van der Waals surface area contributed by atoms with E-state index in [-0.39, 0.29) is 17.7 Å². The van der Waals surface area contributed by atoms with Crippen LogP contribution in [0.15, 0.2) is 12.3 Å². The Kier molecular flexibility index (Phi) is 5.35. The van der Waals surface area contributed by atoms with Gasteiger partial charge in [-0.1, -0.05) is 0 Å². The number of likely N-dealkylation sites (tertiary alicyclic amines) is 1. The van der Waals surface area contributed by atoms with Crippen molar-refractivity contribution in [3.05, 3.63) is 12.3 Å². The molecule has 2 aliphatic heterocycles. The van der Waals surface area contributed by atoms with E-state index in [1.165, 1.54) is 0 Å².